The van der Waals surface area contributed by atoms with Crippen molar-refractivity contribution < 1.29 is 14.5 Å². The van der Waals surface area contributed by atoms with Gasteiger partial charge in [-0.2, -0.15) is 0 Å². The van der Waals surface area contributed by atoms with Crippen LogP contribution in [0.2, 0.25) is 0 Å². The molecule has 1 aliphatic rings. The molecule has 0 atom stereocenters. The molecule has 2 heterocycles. The number of rotatable bonds is 5. The number of nitro benzene ring substituents is 1. The molecule has 3 aromatic rings. The largest absolute Gasteiger partial charge is 0.336 e. The van der Waals surface area contributed by atoms with E-state index >= 15 is 0 Å². The number of aromatic nitrogens is 2. The number of hydrogen-bond donors (Lipinski definition) is 2. The van der Waals surface area contributed by atoms with E-state index in [-0.39, 0.29) is 17.3 Å². The summed E-state index contributed by atoms with van der Waals surface area (Å²) in [5.41, 5.74) is 1.38. The lowest BCUT2D eigenvalue weighted by Crippen LogP contribution is -2.27. The lowest BCUT2D eigenvalue weighted by molar-refractivity contribution is -0.384. The van der Waals surface area contributed by atoms with Crippen LogP contribution < -0.4 is 15.5 Å². The number of hydrogen-bond acceptors (Lipinski definition) is 5. The molecule has 0 aliphatic carbocycles. The summed E-state index contributed by atoms with van der Waals surface area (Å²) in [7, 11) is 0. The van der Waals surface area contributed by atoms with Crippen molar-refractivity contribution in [2.75, 3.05) is 23.3 Å². The molecule has 0 bridgehead atoms. The molecular formula is C19H16N6O4. The Balaban J connectivity index is 1.58. The summed E-state index contributed by atoms with van der Waals surface area (Å²) in [5, 5.41) is 16.9. The average molecular weight is 392 g/mol. The van der Waals surface area contributed by atoms with Gasteiger partial charge in [-0.25, -0.2) is 9.78 Å². The molecule has 1 saturated heterocycles. The highest BCUT2D eigenvalue weighted by atomic mass is 16.6. The normalized spacial score (nSPS) is 13.2. The van der Waals surface area contributed by atoms with Gasteiger partial charge in [-0.3, -0.25) is 19.8 Å². The minimum Gasteiger partial charge on any atom is -0.336 e. The number of amides is 3. The number of urea groups is 1. The highest BCUT2D eigenvalue weighted by Crippen LogP contribution is 2.26. The van der Waals surface area contributed by atoms with Gasteiger partial charge in [-0.05, 0) is 30.3 Å². The van der Waals surface area contributed by atoms with E-state index in [0.717, 1.165) is 0 Å². The molecule has 1 aromatic heterocycles. The van der Waals surface area contributed by atoms with Gasteiger partial charge in [-0.15, -0.1) is 0 Å². The number of nitrogens with one attached hydrogen (secondary N) is 2. The van der Waals surface area contributed by atoms with E-state index in [9.17, 15) is 19.7 Å². The number of anilines is 2. The predicted octanol–water partition coefficient (Wildman–Crippen LogP) is 2.56. The molecule has 0 radical (unpaired) electrons. The van der Waals surface area contributed by atoms with Crippen LogP contribution in [-0.4, -0.2) is 39.5 Å². The monoisotopic (exact) mass is 392 g/mol. The molecule has 2 aromatic carbocycles. The third-order valence-electron chi connectivity index (χ3n) is 4.49. The van der Waals surface area contributed by atoms with Crippen LogP contribution in [0.4, 0.5) is 21.9 Å². The van der Waals surface area contributed by atoms with Gasteiger partial charge in [0.15, 0.2) is 0 Å². The lowest BCUT2D eigenvalue weighted by Gasteiger charge is -2.15. The lowest BCUT2D eigenvalue weighted by atomic mass is 10.1. The number of nitrogens with zero attached hydrogens (tertiary/aromatic N) is 4. The van der Waals surface area contributed by atoms with Gasteiger partial charge in [0, 0.05) is 48.5 Å². The Hall–Kier alpha value is -4.21. The van der Waals surface area contributed by atoms with Crippen molar-refractivity contribution >= 4 is 29.0 Å². The van der Waals surface area contributed by atoms with Crippen LogP contribution in [0.25, 0.3) is 5.69 Å². The van der Waals surface area contributed by atoms with Crippen molar-refractivity contribution in [3.05, 3.63) is 76.9 Å². The molecule has 0 unspecified atom stereocenters. The van der Waals surface area contributed by atoms with E-state index in [4.69, 9.17) is 0 Å². The molecule has 10 heteroatoms. The minimum absolute atomic E-state index is 0.143. The van der Waals surface area contributed by atoms with E-state index in [2.05, 4.69) is 15.6 Å². The van der Waals surface area contributed by atoms with Crippen LogP contribution in [-0.2, 0) is 0 Å². The van der Waals surface area contributed by atoms with Gasteiger partial charge in [0.1, 0.15) is 5.69 Å². The summed E-state index contributed by atoms with van der Waals surface area (Å²) in [5.74, 6) is -0.492. The van der Waals surface area contributed by atoms with E-state index in [1.54, 1.807) is 35.4 Å². The SMILES string of the molecule is O=C(Nc1cccc(N2CCNC2=O)c1)c1ccc(-n2ccnc2)c([N+](=O)[O-])c1. The average Bonchev–Trinajstić information content (AvgIpc) is 3.39. The van der Waals surface area contributed by atoms with Crippen molar-refractivity contribution in [3.63, 3.8) is 0 Å². The Morgan fingerprint density at radius 1 is 1.24 bits per heavy atom. The van der Waals surface area contributed by atoms with Crippen molar-refractivity contribution in [1.29, 1.82) is 0 Å². The molecule has 1 fully saturated rings. The van der Waals surface area contributed by atoms with Gasteiger partial charge in [0.05, 0.1) is 11.3 Å². The second kappa shape index (κ2) is 7.43. The number of benzene rings is 2. The maximum absolute atomic E-state index is 12.6. The van der Waals surface area contributed by atoms with E-state index in [1.807, 2.05) is 0 Å². The minimum atomic E-state index is -0.543. The van der Waals surface area contributed by atoms with Crippen molar-refractivity contribution in [3.8, 4) is 5.69 Å². The molecule has 10 nitrogen and oxygen atoms in total. The third-order valence-corrected chi connectivity index (χ3v) is 4.49. The molecule has 146 valence electrons. The summed E-state index contributed by atoms with van der Waals surface area (Å²) < 4.78 is 1.50. The molecule has 1 aliphatic heterocycles. The van der Waals surface area contributed by atoms with Crippen LogP contribution in [0.3, 0.4) is 0 Å². The Kier molecular flexibility index (Phi) is 4.65. The maximum Gasteiger partial charge on any atom is 0.321 e. The fourth-order valence-corrected chi connectivity index (χ4v) is 3.10. The summed E-state index contributed by atoms with van der Waals surface area (Å²) in [6.07, 6.45) is 4.54. The molecule has 4 rings (SSSR count). The van der Waals surface area contributed by atoms with E-state index < -0.39 is 10.8 Å². The second-order valence-electron chi connectivity index (χ2n) is 6.32. The maximum atomic E-state index is 12.6. The van der Waals surface area contributed by atoms with E-state index in [0.29, 0.717) is 30.2 Å². The first-order valence-electron chi connectivity index (χ1n) is 8.76. The zero-order valence-electron chi connectivity index (χ0n) is 15.1. The zero-order chi connectivity index (χ0) is 20.4. The standard InChI is InChI=1S/C19H16N6O4/c26-18(22-14-2-1-3-15(11-14)24-9-7-21-19(24)27)13-4-5-16(17(10-13)25(28)29)23-8-6-20-12-23/h1-6,8,10-12H,7,9H2,(H,21,27)(H,22,26). The van der Waals surface area contributed by atoms with Crippen molar-refractivity contribution in [2.24, 2.45) is 0 Å². The first-order valence-corrected chi connectivity index (χ1v) is 8.76. The number of carbonyl (C=O) groups excluding carboxylic acids is 2. The third kappa shape index (κ3) is 3.63. The first-order chi connectivity index (χ1) is 14.0. The molecular weight excluding hydrogens is 376 g/mol. The summed E-state index contributed by atoms with van der Waals surface area (Å²) in [6, 6.07) is 10.9. The second-order valence-corrected chi connectivity index (χ2v) is 6.32. The summed E-state index contributed by atoms with van der Waals surface area (Å²) in [6.45, 7) is 1.10. The van der Waals surface area contributed by atoms with Crippen molar-refractivity contribution in [1.82, 2.24) is 14.9 Å². The first kappa shape index (κ1) is 18.2. The quantitative estimate of drug-likeness (QED) is 0.510. The predicted molar refractivity (Wildman–Crippen MR) is 105 cm³/mol. The Morgan fingerprint density at radius 3 is 2.79 bits per heavy atom. The van der Waals surface area contributed by atoms with Gasteiger partial charge >= 0.3 is 6.03 Å². The molecule has 2 N–H and O–H groups in total. The molecule has 3 amide bonds. The van der Waals surface area contributed by atoms with Gasteiger partial charge in [0.2, 0.25) is 0 Å². The van der Waals surface area contributed by atoms with Crippen LogP contribution in [0.5, 0.6) is 0 Å². The number of nitro groups is 1. The fraction of sp³-hybridized carbons (Fsp3) is 0.105. The van der Waals surface area contributed by atoms with Crippen molar-refractivity contribution in [2.45, 2.75) is 0 Å². The zero-order valence-corrected chi connectivity index (χ0v) is 15.1. The highest BCUT2D eigenvalue weighted by molar-refractivity contribution is 6.05. The Morgan fingerprint density at radius 2 is 2.10 bits per heavy atom. The van der Waals surface area contributed by atoms with Gasteiger partial charge in [-0.1, -0.05) is 6.07 Å². The van der Waals surface area contributed by atoms with Crippen LogP contribution in [0.1, 0.15) is 10.4 Å². The highest BCUT2D eigenvalue weighted by Gasteiger charge is 2.22. The van der Waals surface area contributed by atoms with Gasteiger partial charge < -0.3 is 15.2 Å². The Bertz CT molecular complexity index is 1100. The van der Waals surface area contributed by atoms with Crippen LogP contribution in [0, 0.1) is 10.1 Å². The number of carbonyl (C=O) groups is 2. The van der Waals surface area contributed by atoms with E-state index in [1.165, 1.54) is 35.3 Å². The van der Waals surface area contributed by atoms with Gasteiger partial charge in [0.25, 0.3) is 11.6 Å². The summed E-state index contributed by atoms with van der Waals surface area (Å²) >= 11 is 0. The molecule has 29 heavy (non-hydrogen) atoms. The van der Waals surface area contributed by atoms with Crippen LogP contribution >= 0.6 is 0 Å². The smallest absolute Gasteiger partial charge is 0.321 e. The summed E-state index contributed by atoms with van der Waals surface area (Å²) in [4.78, 5) is 40.8. The Labute approximate surface area is 164 Å². The molecule has 0 saturated carbocycles. The number of imidazole rings is 1. The topological polar surface area (TPSA) is 122 Å². The fourth-order valence-electron chi connectivity index (χ4n) is 3.10. The van der Waals surface area contributed by atoms with Crippen LogP contribution in [0.15, 0.2) is 61.2 Å². The molecule has 0 spiro atoms.